The number of carbonyl (C=O) groups excluding carboxylic acids is 1. The highest BCUT2D eigenvalue weighted by atomic mass is 32.2. The van der Waals surface area contributed by atoms with Crippen molar-refractivity contribution in [3.05, 3.63) is 0 Å². The molecule has 2 spiro atoms. The van der Waals surface area contributed by atoms with E-state index in [1.54, 1.807) is 0 Å². The summed E-state index contributed by atoms with van der Waals surface area (Å²) in [5.41, 5.74) is 0.186. The molecular formula is C24H44N2OS2. The summed E-state index contributed by atoms with van der Waals surface area (Å²) in [6.07, 6.45) is 9.10. The van der Waals surface area contributed by atoms with Crippen LogP contribution in [0.1, 0.15) is 79.1 Å². The molecule has 5 heteroatoms. The third kappa shape index (κ3) is 4.73. The molecule has 2 saturated heterocycles. The van der Waals surface area contributed by atoms with Gasteiger partial charge in [0.25, 0.3) is 0 Å². The predicted octanol–water partition coefficient (Wildman–Crippen LogP) is 5.54. The van der Waals surface area contributed by atoms with E-state index >= 15 is 0 Å². The van der Waals surface area contributed by atoms with Crippen molar-refractivity contribution in [3.8, 4) is 0 Å². The van der Waals surface area contributed by atoms with Crippen LogP contribution in [-0.2, 0) is 4.79 Å². The first-order chi connectivity index (χ1) is 14.0. The molecule has 1 atom stereocenters. The van der Waals surface area contributed by atoms with Crippen molar-refractivity contribution in [2.24, 2.45) is 10.8 Å². The number of ketones is 1. The quantitative estimate of drug-likeness (QED) is 0.444. The number of rotatable bonds is 10. The van der Waals surface area contributed by atoms with Crippen molar-refractivity contribution in [2.45, 2.75) is 83.1 Å². The smallest absolute Gasteiger partial charge is 0.141 e. The van der Waals surface area contributed by atoms with Crippen molar-refractivity contribution < 1.29 is 4.79 Å². The van der Waals surface area contributed by atoms with E-state index in [1.807, 2.05) is 0 Å². The molecule has 3 fully saturated rings. The SMILES string of the molecule is CCCC1(CCC)C(=O)CC2(CCN(CCCN(CC)CC)C2)CC12SCCS2. The molecule has 0 amide bonds. The van der Waals surface area contributed by atoms with Crippen LogP contribution >= 0.6 is 23.5 Å². The topological polar surface area (TPSA) is 23.6 Å². The molecule has 1 saturated carbocycles. The van der Waals surface area contributed by atoms with Gasteiger partial charge in [-0.2, -0.15) is 0 Å². The van der Waals surface area contributed by atoms with Gasteiger partial charge in [-0.3, -0.25) is 4.79 Å². The second-order valence-corrected chi connectivity index (χ2v) is 12.8. The zero-order valence-corrected chi connectivity index (χ0v) is 21.1. The molecular weight excluding hydrogens is 396 g/mol. The van der Waals surface area contributed by atoms with E-state index in [-0.39, 0.29) is 14.9 Å². The van der Waals surface area contributed by atoms with Gasteiger partial charge in [0.15, 0.2) is 0 Å². The molecule has 2 aliphatic heterocycles. The fraction of sp³-hybridized carbons (Fsp3) is 0.958. The predicted molar refractivity (Wildman–Crippen MR) is 130 cm³/mol. The fourth-order valence-corrected chi connectivity index (χ4v) is 10.6. The summed E-state index contributed by atoms with van der Waals surface area (Å²) >= 11 is 4.33. The molecule has 3 nitrogen and oxygen atoms in total. The lowest BCUT2D eigenvalue weighted by atomic mass is 9.58. The standard InChI is InChI=1S/C24H44N2OS2/c1-5-10-23(11-6-2)21(27)18-22(19-24(23)28-16-17-29-24)12-15-26(20-22)14-9-13-25(7-3)8-4/h5-20H2,1-4H3. The molecule has 0 aromatic carbocycles. The molecule has 0 N–H and O–H groups in total. The molecule has 3 aliphatic rings. The molecule has 0 aromatic rings. The van der Waals surface area contributed by atoms with Crippen LogP contribution < -0.4 is 0 Å². The Labute approximate surface area is 188 Å². The van der Waals surface area contributed by atoms with E-state index in [2.05, 4.69) is 61.0 Å². The van der Waals surface area contributed by atoms with Gasteiger partial charge in [-0.15, -0.1) is 23.5 Å². The van der Waals surface area contributed by atoms with Crippen LogP contribution in [0.3, 0.4) is 0 Å². The number of Topliss-reactive ketones (excluding diaryl/α,β-unsaturated/α-hetero) is 1. The van der Waals surface area contributed by atoms with Crippen molar-refractivity contribution in [1.29, 1.82) is 0 Å². The number of hydrogen-bond donors (Lipinski definition) is 0. The van der Waals surface area contributed by atoms with Crippen LogP contribution in [0.25, 0.3) is 0 Å². The summed E-state index contributed by atoms with van der Waals surface area (Å²) in [6.45, 7) is 16.2. The van der Waals surface area contributed by atoms with Crippen LogP contribution in [0.15, 0.2) is 0 Å². The van der Waals surface area contributed by atoms with Gasteiger partial charge < -0.3 is 9.80 Å². The molecule has 0 bridgehead atoms. The summed E-state index contributed by atoms with van der Waals surface area (Å²) < 4.78 is 0.158. The highest BCUT2D eigenvalue weighted by molar-refractivity contribution is 8.21. The van der Waals surface area contributed by atoms with E-state index in [0.717, 1.165) is 51.7 Å². The number of thioether (sulfide) groups is 2. The summed E-state index contributed by atoms with van der Waals surface area (Å²) in [5, 5.41) is 0. The highest BCUT2D eigenvalue weighted by Crippen LogP contribution is 2.68. The van der Waals surface area contributed by atoms with Crippen LogP contribution in [0, 0.1) is 10.8 Å². The van der Waals surface area contributed by atoms with Crippen LogP contribution in [-0.4, -0.2) is 70.4 Å². The van der Waals surface area contributed by atoms with Crippen LogP contribution in [0.4, 0.5) is 0 Å². The largest absolute Gasteiger partial charge is 0.304 e. The molecule has 1 unspecified atom stereocenters. The van der Waals surface area contributed by atoms with E-state index in [4.69, 9.17) is 0 Å². The van der Waals surface area contributed by atoms with Crippen molar-refractivity contribution in [2.75, 3.05) is 50.8 Å². The first kappa shape index (κ1) is 23.9. The average molecular weight is 441 g/mol. The molecule has 0 radical (unpaired) electrons. The Morgan fingerprint density at radius 2 is 1.69 bits per heavy atom. The van der Waals surface area contributed by atoms with E-state index in [1.165, 1.54) is 50.4 Å². The van der Waals surface area contributed by atoms with Gasteiger partial charge in [-0.1, -0.05) is 40.5 Å². The zero-order chi connectivity index (χ0) is 21.0. The van der Waals surface area contributed by atoms with Crippen molar-refractivity contribution in [3.63, 3.8) is 0 Å². The Hall–Kier alpha value is 0.290. The van der Waals surface area contributed by atoms with Crippen molar-refractivity contribution >= 4 is 29.3 Å². The summed E-state index contributed by atoms with van der Waals surface area (Å²) in [4.78, 5) is 19.1. The zero-order valence-electron chi connectivity index (χ0n) is 19.4. The van der Waals surface area contributed by atoms with Crippen LogP contribution in [0.2, 0.25) is 0 Å². The second kappa shape index (κ2) is 10.3. The maximum absolute atomic E-state index is 13.9. The lowest BCUT2D eigenvalue weighted by Crippen LogP contribution is -2.57. The third-order valence-electron chi connectivity index (χ3n) is 7.87. The Kier molecular flexibility index (Phi) is 8.48. The second-order valence-electron chi connectivity index (χ2n) is 9.72. The van der Waals surface area contributed by atoms with E-state index in [9.17, 15) is 4.79 Å². The Balaban J connectivity index is 1.70. The number of hydrogen-bond acceptors (Lipinski definition) is 5. The van der Waals surface area contributed by atoms with Gasteiger partial charge >= 0.3 is 0 Å². The minimum atomic E-state index is -0.0657. The molecule has 2 heterocycles. The van der Waals surface area contributed by atoms with Gasteiger partial charge in [-0.05, 0) is 70.2 Å². The van der Waals surface area contributed by atoms with E-state index < -0.39 is 0 Å². The fourth-order valence-electron chi connectivity index (χ4n) is 6.48. The van der Waals surface area contributed by atoms with Crippen LogP contribution in [0.5, 0.6) is 0 Å². The molecule has 1 aliphatic carbocycles. The normalized spacial score (nSPS) is 28.9. The maximum Gasteiger partial charge on any atom is 0.141 e. The summed E-state index contributed by atoms with van der Waals surface area (Å²) in [5.74, 6) is 3.09. The van der Waals surface area contributed by atoms with E-state index in [0.29, 0.717) is 5.78 Å². The molecule has 168 valence electrons. The summed E-state index contributed by atoms with van der Waals surface area (Å²) in [7, 11) is 0. The Morgan fingerprint density at radius 1 is 1.03 bits per heavy atom. The van der Waals surface area contributed by atoms with Gasteiger partial charge in [0.2, 0.25) is 0 Å². The van der Waals surface area contributed by atoms with Gasteiger partial charge in [-0.25, -0.2) is 0 Å². The first-order valence-electron chi connectivity index (χ1n) is 12.2. The lowest BCUT2D eigenvalue weighted by Gasteiger charge is -2.55. The molecule has 29 heavy (non-hydrogen) atoms. The molecule has 0 aromatic heterocycles. The number of carbonyl (C=O) groups is 1. The van der Waals surface area contributed by atoms with Crippen molar-refractivity contribution in [1.82, 2.24) is 9.80 Å². The van der Waals surface area contributed by atoms with Gasteiger partial charge in [0.05, 0.1) is 9.49 Å². The van der Waals surface area contributed by atoms with Gasteiger partial charge in [0.1, 0.15) is 5.78 Å². The lowest BCUT2D eigenvalue weighted by molar-refractivity contribution is -0.137. The van der Waals surface area contributed by atoms with Gasteiger partial charge in [0, 0.05) is 24.5 Å². The third-order valence-corrected chi connectivity index (χ3v) is 11.7. The first-order valence-corrected chi connectivity index (χ1v) is 14.2. The maximum atomic E-state index is 13.9. The minimum Gasteiger partial charge on any atom is -0.304 e. The highest BCUT2D eigenvalue weighted by Gasteiger charge is 2.64. The number of likely N-dealkylation sites (tertiary alicyclic amines) is 1. The Morgan fingerprint density at radius 3 is 2.28 bits per heavy atom. The number of nitrogens with zero attached hydrogens (tertiary/aromatic N) is 2. The monoisotopic (exact) mass is 440 g/mol. The molecule has 3 rings (SSSR count). The Bertz CT molecular complexity index is 539. The summed E-state index contributed by atoms with van der Waals surface area (Å²) in [6, 6.07) is 0. The minimum absolute atomic E-state index is 0.0657. The average Bonchev–Trinajstić information content (AvgIpc) is 3.32.